The molecule has 311 valence electrons. The first-order valence-electron chi connectivity index (χ1n) is 20.3. The number of hydrogen-bond acceptors (Lipinski definition) is 4. The van der Waals surface area contributed by atoms with Crippen LogP contribution in [0.1, 0.15) is 33.4 Å². The Balaban J connectivity index is 0.00000123. The van der Waals surface area contributed by atoms with Crippen molar-refractivity contribution in [3.05, 3.63) is 226 Å². The van der Waals surface area contributed by atoms with Crippen LogP contribution in [0, 0.1) is 20.8 Å². The molecular weight excluding hydrogens is 939 g/mol. The summed E-state index contributed by atoms with van der Waals surface area (Å²) in [5, 5.41) is 6.28. The number of benzene rings is 5. The number of nitrogens with one attached hydrogen (secondary N) is 1. The van der Waals surface area contributed by atoms with Gasteiger partial charge in [-0.1, -0.05) is 139 Å². The first-order chi connectivity index (χ1) is 29.7. The van der Waals surface area contributed by atoms with Crippen molar-refractivity contribution in [2.75, 3.05) is 24.2 Å². The third-order valence-electron chi connectivity index (χ3n) is 11.5. The summed E-state index contributed by atoms with van der Waals surface area (Å²) in [4.78, 5) is 2.52. The first-order valence-corrected chi connectivity index (χ1v) is 30.1. The van der Waals surface area contributed by atoms with Gasteiger partial charge in [0.2, 0.25) is 0 Å². The third kappa shape index (κ3) is 8.94. The topological polar surface area (TPSA) is 24.5 Å². The fourth-order valence-corrected chi connectivity index (χ4v) is 14.0. The molecule has 1 heterocycles. The van der Waals surface area contributed by atoms with Crippen LogP contribution in [-0.4, -0.2) is 30.3 Å². The van der Waals surface area contributed by atoms with Crippen LogP contribution in [-0.2, 0) is 17.5 Å². The van der Waals surface area contributed by atoms with E-state index in [1.807, 2.05) is 11.8 Å². The Morgan fingerprint density at radius 2 is 1.33 bits per heavy atom. The minimum atomic E-state index is -2.77. The Bertz CT molecular complexity index is 2560. The number of nitrogens with zero attached hydrogens (tertiary/aromatic N) is 1. The maximum atomic E-state index is 8.09. The standard InChI is InChI=1S/C52H48N2OPS.3ClH.Ru/c1-36-33-37(2)50(38(3)34-36)54-32-31-53-52(54)44-27-16-17-30-48(44)56(41-22-10-6-11-23-41,42-24-12-7-13-25-42)55-47-29-18-28-45(51(47)57-4)49-43-26-15-14-21-40(43)35-46(49)39-19-8-5-9-20-39;;;;/h5-30,33-35,48,51,53H,31-32H2,1-4H3;3*1H;/q+1;;;;+3/p-3. The Labute approximate surface area is 383 Å². The predicted molar refractivity (Wildman–Crippen MR) is 265 cm³/mol. The second-order valence-electron chi connectivity index (χ2n) is 15.3. The SMILES string of the molecule is CSC1C(O[P+](c2ccccc2)(c2ccccc2)C2C=CC=CC2=C2NCCN2c2c(C)cc(C)cc2C)=CC=CC1=C1C(c2ccccc2)=Cc2ccccc21.[Cl][Ru]([Cl])[Cl]. The maximum absolute atomic E-state index is 8.09. The van der Waals surface area contributed by atoms with Gasteiger partial charge in [0.25, 0.3) is 7.49 Å². The monoisotopic (exact) mass is 986 g/mol. The van der Waals surface area contributed by atoms with Crippen molar-refractivity contribution in [3.63, 3.8) is 0 Å². The van der Waals surface area contributed by atoms with Gasteiger partial charge in [-0.2, -0.15) is 0 Å². The second kappa shape index (κ2) is 19.6. The molecule has 61 heavy (non-hydrogen) atoms. The molecule has 1 saturated heterocycles. The van der Waals surface area contributed by atoms with Gasteiger partial charge >= 0.3 is 42.1 Å². The summed E-state index contributed by atoms with van der Waals surface area (Å²) >= 11 is 0.0967. The van der Waals surface area contributed by atoms with E-state index in [1.165, 1.54) is 72.0 Å². The van der Waals surface area contributed by atoms with Crippen molar-refractivity contribution >= 4 is 81.8 Å². The number of anilines is 1. The number of allylic oxidation sites excluding steroid dienone is 10. The predicted octanol–water partition coefficient (Wildman–Crippen LogP) is 13.6. The third-order valence-corrected chi connectivity index (χ3v) is 16.3. The van der Waals surface area contributed by atoms with Gasteiger partial charge in [-0.15, -0.1) is 11.8 Å². The minimum absolute atomic E-state index is 0.0340. The zero-order valence-corrected chi connectivity index (χ0v) is 40.2. The molecule has 4 aliphatic rings. The van der Waals surface area contributed by atoms with Crippen molar-refractivity contribution in [2.45, 2.75) is 31.7 Å². The molecule has 3 aliphatic carbocycles. The molecule has 2 atom stereocenters. The van der Waals surface area contributed by atoms with Crippen LogP contribution in [0.2, 0.25) is 0 Å². The molecule has 1 aliphatic heterocycles. The molecule has 1 N–H and O–H groups in total. The molecule has 9 heteroatoms. The van der Waals surface area contributed by atoms with Crippen molar-refractivity contribution in [1.29, 1.82) is 0 Å². The van der Waals surface area contributed by atoms with E-state index in [9.17, 15) is 0 Å². The summed E-state index contributed by atoms with van der Waals surface area (Å²) in [5.41, 5.74) is 13.9. The van der Waals surface area contributed by atoms with Crippen molar-refractivity contribution < 1.29 is 17.5 Å². The Morgan fingerprint density at radius 3 is 1.97 bits per heavy atom. The molecule has 3 nitrogen and oxygen atoms in total. The fraction of sp³-hybridized carbons (Fsp3) is 0.154. The quantitative estimate of drug-likeness (QED) is 0.124. The Kier molecular flexibility index (Phi) is 14.0. The number of thioether (sulfide) groups is 1. The van der Waals surface area contributed by atoms with E-state index in [4.69, 9.17) is 33.6 Å². The number of halogens is 3. The van der Waals surface area contributed by atoms with Crippen LogP contribution < -0.4 is 20.8 Å². The summed E-state index contributed by atoms with van der Waals surface area (Å²) < 4.78 is 8.09. The summed E-state index contributed by atoms with van der Waals surface area (Å²) in [5.74, 6) is 2.15. The number of rotatable bonds is 8. The molecule has 2 unspecified atom stereocenters. The van der Waals surface area contributed by atoms with Gasteiger partial charge in [0.05, 0.1) is 5.25 Å². The van der Waals surface area contributed by atoms with Crippen LogP contribution in [0.4, 0.5) is 5.69 Å². The second-order valence-corrected chi connectivity index (χ2v) is 27.2. The van der Waals surface area contributed by atoms with Gasteiger partial charge in [0.15, 0.2) is 11.4 Å². The van der Waals surface area contributed by atoms with Crippen molar-refractivity contribution in [2.24, 2.45) is 0 Å². The van der Waals surface area contributed by atoms with Crippen LogP contribution in [0.25, 0.3) is 17.2 Å². The van der Waals surface area contributed by atoms with Crippen molar-refractivity contribution in [3.8, 4) is 0 Å². The van der Waals surface area contributed by atoms with Gasteiger partial charge in [0.1, 0.15) is 16.4 Å². The molecule has 0 spiro atoms. The molecule has 5 aromatic carbocycles. The van der Waals surface area contributed by atoms with E-state index in [1.54, 1.807) is 0 Å². The molecule has 0 bridgehead atoms. The van der Waals surface area contributed by atoms with Crippen molar-refractivity contribution in [1.82, 2.24) is 5.32 Å². The molecule has 0 amide bonds. The van der Waals surface area contributed by atoms with E-state index < -0.39 is 20.5 Å². The fourth-order valence-electron chi connectivity index (χ4n) is 9.23. The summed E-state index contributed by atoms with van der Waals surface area (Å²) in [7, 11) is 12.1. The van der Waals surface area contributed by atoms with E-state index in [0.717, 1.165) is 24.7 Å². The van der Waals surface area contributed by atoms with E-state index in [0.29, 0.717) is 0 Å². The van der Waals surface area contributed by atoms with Crippen LogP contribution in [0.3, 0.4) is 0 Å². The van der Waals surface area contributed by atoms with E-state index in [-0.39, 0.29) is 10.9 Å². The van der Waals surface area contributed by atoms with Crippen LogP contribution in [0.5, 0.6) is 0 Å². The average Bonchev–Trinajstić information content (AvgIpc) is 3.91. The van der Waals surface area contributed by atoms with E-state index >= 15 is 0 Å². The van der Waals surface area contributed by atoms with Gasteiger partial charge in [-0.25, -0.2) is 0 Å². The Hall–Kier alpha value is -4.05. The van der Waals surface area contributed by atoms with Crippen LogP contribution >= 0.6 is 48.3 Å². The molecular formula is C52H48Cl3N2OPRuS+. The summed E-state index contributed by atoms with van der Waals surface area (Å²) in [6, 6.07) is 46.3. The number of aryl methyl sites for hydroxylation is 3. The van der Waals surface area contributed by atoms with Gasteiger partial charge in [0, 0.05) is 24.4 Å². The van der Waals surface area contributed by atoms with Gasteiger partial charge in [-0.05, 0) is 114 Å². The molecule has 5 aromatic rings. The molecule has 9 rings (SSSR count). The van der Waals surface area contributed by atoms with Crippen LogP contribution in [0.15, 0.2) is 193 Å². The molecule has 0 radical (unpaired) electrons. The van der Waals surface area contributed by atoms with Gasteiger partial charge in [-0.3, -0.25) is 0 Å². The van der Waals surface area contributed by atoms with E-state index in [2.05, 4.69) is 213 Å². The first kappa shape index (κ1) is 43.6. The Morgan fingerprint density at radius 1 is 0.738 bits per heavy atom. The van der Waals surface area contributed by atoms with Gasteiger partial charge < -0.3 is 14.7 Å². The zero-order valence-electron chi connectivity index (χ0n) is 34.5. The number of hydrogen-bond donors (Lipinski definition) is 1. The molecule has 1 fully saturated rings. The molecule has 0 saturated carbocycles. The average molecular weight is 987 g/mol. The molecule has 0 aromatic heterocycles. The number of fused-ring (bicyclic) bond motifs is 1. The summed E-state index contributed by atoms with van der Waals surface area (Å²) in [6.45, 7) is 8.46. The summed E-state index contributed by atoms with van der Waals surface area (Å²) in [6.07, 6.45) is 20.5. The zero-order chi connectivity index (χ0) is 42.5. The normalized spacial score (nSPS) is 20.6.